The van der Waals surface area contributed by atoms with Gasteiger partial charge in [-0.15, -0.1) is 10.2 Å². The van der Waals surface area contributed by atoms with Gasteiger partial charge in [-0.3, -0.25) is 0 Å². The van der Waals surface area contributed by atoms with Gasteiger partial charge in [-0.25, -0.2) is 0 Å². The third kappa shape index (κ3) is 3.28. The molecule has 16 heavy (non-hydrogen) atoms. The van der Waals surface area contributed by atoms with E-state index in [1.165, 1.54) is 25.9 Å². The fourth-order valence-electron chi connectivity index (χ4n) is 2.34. The SMILES string of the molecule is COCCN1CCCC(Cn2cnnc2)C1. The molecular formula is C11H20N4O. The molecule has 0 radical (unpaired) electrons. The van der Waals surface area contributed by atoms with Crippen molar-refractivity contribution in [3.05, 3.63) is 12.7 Å². The van der Waals surface area contributed by atoms with Gasteiger partial charge in [0, 0.05) is 26.7 Å². The summed E-state index contributed by atoms with van der Waals surface area (Å²) in [5, 5.41) is 7.67. The minimum Gasteiger partial charge on any atom is -0.383 e. The van der Waals surface area contributed by atoms with Crippen LogP contribution in [0.25, 0.3) is 0 Å². The molecule has 0 spiro atoms. The fraction of sp³-hybridized carbons (Fsp3) is 0.818. The van der Waals surface area contributed by atoms with Gasteiger partial charge in [0.15, 0.2) is 0 Å². The number of aromatic nitrogens is 3. The van der Waals surface area contributed by atoms with E-state index in [4.69, 9.17) is 4.74 Å². The maximum absolute atomic E-state index is 5.12. The normalized spacial score (nSPS) is 22.4. The predicted molar refractivity (Wildman–Crippen MR) is 61.1 cm³/mol. The Kier molecular flexibility index (Phi) is 4.30. The van der Waals surface area contributed by atoms with Crippen LogP contribution in [-0.2, 0) is 11.3 Å². The molecule has 0 amide bonds. The van der Waals surface area contributed by atoms with Gasteiger partial charge in [-0.05, 0) is 25.3 Å². The van der Waals surface area contributed by atoms with Gasteiger partial charge in [0.1, 0.15) is 12.7 Å². The van der Waals surface area contributed by atoms with Crippen LogP contribution < -0.4 is 0 Å². The van der Waals surface area contributed by atoms with Crippen LogP contribution in [0.3, 0.4) is 0 Å². The third-order valence-corrected chi connectivity index (χ3v) is 3.15. The highest BCUT2D eigenvalue weighted by molar-refractivity contribution is 4.74. The smallest absolute Gasteiger partial charge is 0.119 e. The molecule has 0 bridgehead atoms. The van der Waals surface area contributed by atoms with E-state index in [9.17, 15) is 0 Å². The van der Waals surface area contributed by atoms with E-state index in [0.29, 0.717) is 0 Å². The quantitative estimate of drug-likeness (QED) is 0.736. The van der Waals surface area contributed by atoms with Crippen molar-refractivity contribution in [1.82, 2.24) is 19.7 Å². The van der Waals surface area contributed by atoms with Crippen molar-refractivity contribution >= 4 is 0 Å². The summed E-state index contributed by atoms with van der Waals surface area (Å²) >= 11 is 0. The fourth-order valence-corrected chi connectivity index (χ4v) is 2.34. The lowest BCUT2D eigenvalue weighted by atomic mass is 9.98. The van der Waals surface area contributed by atoms with E-state index >= 15 is 0 Å². The largest absolute Gasteiger partial charge is 0.383 e. The highest BCUT2D eigenvalue weighted by atomic mass is 16.5. The summed E-state index contributed by atoms with van der Waals surface area (Å²) in [5.41, 5.74) is 0. The van der Waals surface area contributed by atoms with E-state index in [1.807, 2.05) is 0 Å². The average molecular weight is 224 g/mol. The van der Waals surface area contributed by atoms with Crippen molar-refractivity contribution in [2.24, 2.45) is 5.92 Å². The lowest BCUT2D eigenvalue weighted by Crippen LogP contribution is -2.38. The molecule has 0 aliphatic carbocycles. The van der Waals surface area contributed by atoms with Crippen LogP contribution in [0.5, 0.6) is 0 Å². The molecule has 1 fully saturated rings. The Morgan fingerprint density at radius 1 is 1.38 bits per heavy atom. The molecule has 5 nitrogen and oxygen atoms in total. The van der Waals surface area contributed by atoms with Crippen molar-refractivity contribution in [2.75, 3.05) is 33.4 Å². The number of piperidine rings is 1. The summed E-state index contributed by atoms with van der Waals surface area (Å²) < 4.78 is 7.19. The van der Waals surface area contributed by atoms with Crippen molar-refractivity contribution in [3.8, 4) is 0 Å². The van der Waals surface area contributed by atoms with E-state index in [2.05, 4.69) is 19.7 Å². The molecule has 1 aromatic rings. The Morgan fingerprint density at radius 3 is 2.94 bits per heavy atom. The summed E-state index contributed by atoms with van der Waals surface area (Å²) in [4.78, 5) is 2.49. The Bertz CT molecular complexity index is 288. The van der Waals surface area contributed by atoms with Gasteiger partial charge in [0.2, 0.25) is 0 Å². The van der Waals surface area contributed by atoms with Crippen LogP contribution in [0.1, 0.15) is 12.8 Å². The Hall–Kier alpha value is -0.940. The minimum atomic E-state index is 0.724. The zero-order valence-corrected chi connectivity index (χ0v) is 9.88. The minimum absolute atomic E-state index is 0.724. The first kappa shape index (κ1) is 11.5. The van der Waals surface area contributed by atoms with Crippen LogP contribution in [0.2, 0.25) is 0 Å². The van der Waals surface area contributed by atoms with E-state index in [0.717, 1.165) is 25.6 Å². The first-order valence-corrected chi connectivity index (χ1v) is 5.92. The van der Waals surface area contributed by atoms with Gasteiger partial charge >= 0.3 is 0 Å². The van der Waals surface area contributed by atoms with Crippen molar-refractivity contribution in [1.29, 1.82) is 0 Å². The summed E-state index contributed by atoms with van der Waals surface area (Å²) in [5.74, 6) is 0.724. The molecule has 1 atom stereocenters. The zero-order valence-electron chi connectivity index (χ0n) is 9.88. The second-order valence-electron chi connectivity index (χ2n) is 4.46. The molecule has 90 valence electrons. The zero-order chi connectivity index (χ0) is 11.2. The third-order valence-electron chi connectivity index (χ3n) is 3.15. The molecule has 2 rings (SSSR count). The predicted octanol–water partition coefficient (Wildman–Crippen LogP) is 0.636. The molecule has 5 heteroatoms. The number of hydrogen-bond donors (Lipinski definition) is 0. The topological polar surface area (TPSA) is 43.2 Å². The number of ether oxygens (including phenoxy) is 1. The molecule has 1 aliphatic heterocycles. The average Bonchev–Trinajstić information content (AvgIpc) is 2.80. The maximum Gasteiger partial charge on any atom is 0.119 e. The number of nitrogens with zero attached hydrogens (tertiary/aromatic N) is 4. The van der Waals surface area contributed by atoms with E-state index in [1.54, 1.807) is 19.8 Å². The van der Waals surface area contributed by atoms with Crippen molar-refractivity contribution in [2.45, 2.75) is 19.4 Å². The second kappa shape index (κ2) is 5.96. The molecule has 2 heterocycles. The standard InChI is InChI=1S/C11H20N4O/c1-16-6-5-14-4-2-3-11(7-14)8-15-9-12-13-10-15/h9-11H,2-8H2,1H3. The van der Waals surface area contributed by atoms with Crippen LogP contribution in [0.15, 0.2) is 12.7 Å². The summed E-state index contributed by atoms with van der Waals surface area (Å²) in [6.45, 7) is 5.30. The number of likely N-dealkylation sites (tertiary alicyclic amines) is 1. The number of hydrogen-bond acceptors (Lipinski definition) is 4. The maximum atomic E-state index is 5.12. The highest BCUT2D eigenvalue weighted by Crippen LogP contribution is 2.17. The molecule has 0 saturated carbocycles. The van der Waals surface area contributed by atoms with Crippen molar-refractivity contribution in [3.63, 3.8) is 0 Å². The van der Waals surface area contributed by atoms with Crippen LogP contribution in [-0.4, -0.2) is 53.0 Å². The molecule has 1 aliphatic rings. The second-order valence-corrected chi connectivity index (χ2v) is 4.46. The lowest BCUT2D eigenvalue weighted by molar-refractivity contribution is 0.110. The van der Waals surface area contributed by atoms with Gasteiger partial charge in [-0.1, -0.05) is 0 Å². The molecule has 1 unspecified atom stereocenters. The summed E-state index contributed by atoms with van der Waals surface area (Å²) in [6.07, 6.45) is 6.19. The monoisotopic (exact) mass is 224 g/mol. The molecule has 0 N–H and O–H groups in total. The molecular weight excluding hydrogens is 204 g/mol. The van der Waals surface area contributed by atoms with Gasteiger partial charge in [-0.2, -0.15) is 0 Å². The van der Waals surface area contributed by atoms with Crippen LogP contribution >= 0.6 is 0 Å². The first-order valence-electron chi connectivity index (χ1n) is 5.92. The first-order chi connectivity index (χ1) is 7.88. The van der Waals surface area contributed by atoms with Gasteiger partial charge in [0.05, 0.1) is 6.61 Å². The van der Waals surface area contributed by atoms with Gasteiger partial charge in [0.25, 0.3) is 0 Å². The summed E-state index contributed by atoms with van der Waals surface area (Å²) in [6, 6.07) is 0. The molecule has 1 aromatic heterocycles. The van der Waals surface area contributed by atoms with Crippen molar-refractivity contribution < 1.29 is 4.74 Å². The Morgan fingerprint density at radius 2 is 2.19 bits per heavy atom. The van der Waals surface area contributed by atoms with Crippen LogP contribution in [0.4, 0.5) is 0 Å². The molecule has 1 saturated heterocycles. The molecule has 0 aromatic carbocycles. The van der Waals surface area contributed by atoms with E-state index < -0.39 is 0 Å². The van der Waals surface area contributed by atoms with Gasteiger partial charge < -0.3 is 14.2 Å². The lowest BCUT2D eigenvalue weighted by Gasteiger charge is -2.32. The Labute approximate surface area is 96.4 Å². The Balaban J connectivity index is 1.77. The number of methoxy groups -OCH3 is 1. The van der Waals surface area contributed by atoms with Crippen LogP contribution in [0, 0.1) is 5.92 Å². The van der Waals surface area contributed by atoms with E-state index in [-0.39, 0.29) is 0 Å². The highest BCUT2D eigenvalue weighted by Gasteiger charge is 2.19. The number of rotatable bonds is 5. The summed E-state index contributed by atoms with van der Waals surface area (Å²) in [7, 11) is 1.76.